The predicted octanol–water partition coefficient (Wildman–Crippen LogP) is 3.96. The number of rotatable bonds is 5. The fourth-order valence-corrected chi connectivity index (χ4v) is 1.92. The van der Waals surface area contributed by atoms with Crippen molar-refractivity contribution in [2.24, 2.45) is 0 Å². The first kappa shape index (κ1) is 13.5. The summed E-state index contributed by atoms with van der Waals surface area (Å²) in [6.45, 7) is 4.04. The largest absolute Gasteiger partial charge is 0.366 e. The Hall–Kier alpha value is -1.93. The smallest absolute Gasteiger partial charge is 0.188 e. The van der Waals surface area contributed by atoms with Crippen LogP contribution in [0.1, 0.15) is 34.5 Å². The molecule has 0 aliphatic carbocycles. The molecule has 0 spiro atoms. The molecule has 0 aliphatic rings. The molecule has 2 heteroatoms. The molecule has 0 N–H and O–H groups in total. The first-order valence-electron chi connectivity index (χ1n) is 6.43. The molecule has 0 fully saturated rings. The van der Waals surface area contributed by atoms with E-state index < -0.39 is 0 Å². The van der Waals surface area contributed by atoms with E-state index in [2.05, 4.69) is 0 Å². The van der Waals surface area contributed by atoms with Crippen LogP contribution < -0.4 is 0 Å². The summed E-state index contributed by atoms with van der Waals surface area (Å²) in [6, 6.07) is 17.5. The van der Waals surface area contributed by atoms with E-state index in [1.165, 1.54) is 0 Å². The van der Waals surface area contributed by atoms with Crippen molar-refractivity contribution in [2.45, 2.75) is 20.0 Å². The highest BCUT2D eigenvalue weighted by molar-refractivity contribution is 5.97. The topological polar surface area (TPSA) is 26.3 Å². The second-order valence-corrected chi connectivity index (χ2v) is 4.66. The number of Topliss-reactive ketones (excluding diaryl/α,β-unsaturated/α-hetero) is 1. The summed E-state index contributed by atoms with van der Waals surface area (Å²) >= 11 is 0. The van der Waals surface area contributed by atoms with Gasteiger partial charge in [-0.3, -0.25) is 4.79 Å². The van der Waals surface area contributed by atoms with Gasteiger partial charge in [-0.1, -0.05) is 54.1 Å². The van der Waals surface area contributed by atoms with E-state index in [-0.39, 0.29) is 18.5 Å². The van der Waals surface area contributed by atoms with Crippen LogP contribution in [0.3, 0.4) is 0 Å². The molecule has 0 aliphatic heterocycles. The minimum Gasteiger partial charge on any atom is -0.366 e. The van der Waals surface area contributed by atoms with Gasteiger partial charge in [0.05, 0.1) is 6.10 Å². The molecule has 0 saturated heterocycles. The molecule has 2 nitrogen and oxygen atoms in total. The molecule has 0 bridgehead atoms. The fraction of sp³-hybridized carbons (Fsp3) is 0.235. The van der Waals surface area contributed by atoms with Gasteiger partial charge in [-0.15, -0.1) is 0 Å². The van der Waals surface area contributed by atoms with Gasteiger partial charge in [0.15, 0.2) is 5.78 Å². The Bertz CT molecular complexity index is 546. The lowest BCUT2D eigenvalue weighted by molar-refractivity contribution is 0.0521. The third kappa shape index (κ3) is 3.76. The number of benzene rings is 2. The molecular weight excluding hydrogens is 236 g/mol. The predicted molar refractivity (Wildman–Crippen MR) is 76.3 cm³/mol. The number of hydrogen-bond donors (Lipinski definition) is 0. The zero-order valence-corrected chi connectivity index (χ0v) is 11.3. The Morgan fingerprint density at radius 3 is 2.53 bits per heavy atom. The maximum atomic E-state index is 12.0. The Morgan fingerprint density at radius 2 is 1.84 bits per heavy atom. The maximum absolute atomic E-state index is 12.0. The van der Waals surface area contributed by atoms with Crippen LogP contribution >= 0.6 is 0 Å². The molecule has 0 radical (unpaired) electrons. The second kappa shape index (κ2) is 6.30. The summed E-state index contributed by atoms with van der Waals surface area (Å²) in [5.41, 5.74) is 2.88. The Balaban J connectivity index is 1.94. The van der Waals surface area contributed by atoms with Gasteiger partial charge < -0.3 is 4.74 Å². The van der Waals surface area contributed by atoms with E-state index >= 15 is 0 Å². The van der Waals surface area contributed by atoms with Gasteiger partial charge in [-0.05, 0) is 25.5 Å². The highest BCUT2D eigenvalue weighted by Crippen LogP contribution is 2.16. The molecule has 19 heavy (non-hydrogen) atoms. The van der Waals surface area contributed by atoms with Gasteiger partial charge in [0.2, 0.25) is 0 Å². The summed E-state index contributed by atoms with van der Waals surface area (Å²) in [5, 5.41) is 0. The van der Waals surface area contributed by atoms with Crippen molar-refractivity contribution in [3.8, 4) is 0 Å². The Labute approximate surface area is 114 Å². The zero-order valence-electron chi connectivity index (χ0n) is 11.3. The van der Waals surface area contributed by atoms with Crippen LogP contribution in [0.5, 0.6) is 0 Å². The Kier molecular flexibility index (Phi) is 4.48. The fourth-order valence-electron chi connectivity index (χ4n) is 1.92. The summed E-state index contributed by atoms with van der Waals surface area (Å²) in [7, 11) is 0. The lowest BCUT2D eigenvalue weighted by Crippen LogP contribution is -2.11. The van der Waals surface area contributed by atoms with Gasteiger partial charge in [0, 0.05) is 5.56 Å². The van der Waals surface area contributed by atoms with E-state index in [1.807, 2.05) is 68.4 Å². The van der Waals surface area contributed by atoms with E-state index in [1.54, 1.807) is 0 Å². The van der Waals surface area contributed by atoms with Gasteiger partial charge in [-0.25, -0.2) is 0 Å². The quantitative estimate of drug-likeness (QED) is 0.755. The molecule has 2 aromatic carbocycles. The number of carbonyl (C=O) groups excluding carboxylic acids is 1. The van der Waals surface area contributed by atoms with E-state index in [0.29, 0.717) is 5.56 Å². The monoisotopic (exact) mass is 254 g/mol. The molecule has 1 atom stereocenters. The minimum absolute atomic E-state index is 0.0199. The third-order valence-corrected chi connectivity index (χ3v) is 3.07. The zero-order chi connectivity index (χ0) is 13.7. The molecule has 0 saturated carbocycles. The van der Waals surface area contributed by atoms with E-state index in [4.69, 9.17) is 4.74 Å². The normalized spacial score (nSPS) is 12.1. The van der Waals surface area contributed by atoms with Crippen LogP contribution in [0.25, 0.3) is 0 Å². The summed E-state index contributed by atoms with van der Waals surface area (Å²) in [5.74, 6) is 0.0199. The number of ketones is 1. The van der Waals surface area contributed by atoms with Crippen LogP contribution in [-0.2, 0) is 4.74 Å². The van der Waals surface area contributed by atoms with Gasteiger partial charge in [-0.2, -0.15) is 0 Å². The summed E-state index contributed by atoms with van der Waals surface area (Å²) in [6.07, 6.45) is -0.0741. The minimum atomic E-state index is -0.0741. The highest BCUT2D eigenvalue weighted by atomic mass is 16.5. The van der Waals surface area contributed by atoms with Crippen molar-refractivity contribution in [3.05, 3.63) is 71.3 Å². The maximum Gasteiger partial charge on any atom is 0.188 e. The SMILES string of the molecule is Cc1cccc(C(=O)COC(C)c2ccccc2)c1. The lowest BCUT2D eigenvalue weighted by Gasteiger charge is -2.12. The molecular formula is C17H18O2. The van der Waals surface area contributed by atoms with Crippen LogP contribution in [0.2, 0.25) is 0 Å². The van der Waals surface area contributed by atoms with Crippen LogP contribution in [0.4, 0.5) is 0 Å². The van der Waals surface area contributed by atoms with Crippen molar-refractivity contribution < 1.29 is 9.53 Å². The lowest BCUT2D eigenvalue weighted by atomic mass is 10.1. The second-order valence-electron chi connectivity index (χ2n) is 4.66. The van der Waals surface area contributed by atoms with Crippen molar-refractivity contribution >= 4 is 5.78 Å². The van der Waals surface area contributed by atoms with Crippen LogP contribution in [-0.4, -0.2) is 12.4 Å². The van der Waals surface area contributed by atoms with Crippen LogP contribution in [0.15, 0.2) is 54.6 Å². The van der Waals surface area contributed by atoms with Crippen molar-refractivity contribution in [3.63, 3.8) is 0 Å². The first-order valence-corrected chi connectivity index (χ1v) is 6.43. The van der Waals surface area contributed by atoms with Crippen molar-refractivity contribution in [1.82, 2.24) is 0 Å². The molecule has 2 rings (SSSR count). The molecule has 0 heterocycles. The molecule has 1 unspecified atom stereocenters. The van der Waals surface area contributed by atoms with E-state index in [9.17, 15) is 4.79 Å². The number of ether oxygens (including phenoxy) is 1. The molecule has 2 aromatic rings. The molecule has 0 aromatic heterocycles. The first-order chi connectivity index (χ1) is 9.16. The third-order valence-electron chi connectivity index (χ3n) is 3.07. The standard InChI is InChI=1S/C17H18O2/c1-13-7-6-10-16(11-13)17(18)12-19-14(2)15-8-4-3-5-9-15/h3-11,14H,12H2,1-2H3. The van der Waals surface area contributed by atoms with Crippen molar-refractivity contribution in [1.29, 1.82) is 0 Å². The highest BCUT2D eigenvalue weighted by Gasteiger charge is 2.10. The van der Waals surface area contributed by atoms with Gasteiger partial charge >= 0.3 is 0 Å². The average molecular weight is 254 g/mol. The number of aryl methyl sites for hydroxylation is 1. The number of hydrogen-bond acceptors (Lipinski definition) is 2. The molecule has 0 amide bonds. The van der Waals surface area contributed by atoms with Crippen molar-refractivity contribution in [2.75, 3.05) is 6.61 Å². The Morgan fingerprint density at radius 1 is 1.11 bits per heavy atom. The summed E-state index contributed by atoms with van der Waals surface area (Å²) in [4.78, 5) is 12.0. The number of carbonyl (C=O) groups is 1. The molecule has 98 valence electrons. The summed E-state index contributed by atoms with van der Waals surface area (Å²) < 4.78 is 5.63. The van der Waals surface area contributed by atoms with Crippen LogP contribution in [0, 0.1) is 6.92 Å². The average Bonchev–Trinajstić information content (AvgIpc) is 2.45. The van der Waals surface area contributed by atoms with Gasteiger partial charge in [0.1, 0.15) is 6.61 Å². The van der Waals surface area contributed by atoms with E-state index in [0.717, 1.165) is 11.1 Å². The van der Waals surface area contributed by atoms with Gasteiger partial charge in [0.25, 0.3) is 0 Å².